The van der Waals surface area contributed by atoms with E-state index in [1.807, 2.05) is 16.8 Å². The summed E-state index contributed by atoms with van der Waals surface area (Å²) in [5.74, 6) is 0.202. The van der Waals surface area contributed by atoms with Gasteiger partial charge < -0.3 is 14.6 Å². The molecule has 0 aliphatic heterocycles. The first-order chi connectivity index (χ1) is 9.20. The fourth-order valence-electron chi connectivity index (χ4n) is 1.66. The Balaban J connectivity index is 2.09. The van der Waals surface area contributed by atoms with Gasteiger partial charge in [-0.25, -0.2) is 4.98 Å². The average Bonchev–Trinajstić information content (AvgIpc) is 2.84. The topological polar surface area (TPSA) is 56.1 Å². The lowest BCUT2D eigenvalue weighted by atomic mass is 10.4. The molecule has 0 aliphatic carbocycles. The first-order valence-electron chi connectivity index (χ1n) is 5.78. The molecule has 19 heavy (non-hydrogen) atoms. The van der Waals surface area contributed by atoms with Gasteiger partial charge in [0.1, 0.15) is 16.7 Å². The van der Waals surface area contributed by atoms with Crippen molar-refractivity contribution in [2.75, 3.05) is 19.0 Å². The molecule has 2 aromatic heterocycles. The third kappa shape index (κ3) is 3.56. The molecule has 0 unspecified atom stereocenters. The molecule has 0 bridgehead atoms. The molecular weight excluding hydrogens is 266 g/mol. The first kappa shape index (κ1) is 13.6. The molecule has 0 atom stereocenters. The normalized spacial score (nSPS) is 10.4. The van der Waals surface area contributed by atoms with Crippen molar-refractivity contribution in [1.82, 2.24) is 9.55 Å². The highest BCUT2D eigenvalue weighted by Crippen LogP contribution is 2.11. The molecule has 1 amide bonds. The minimum absolute atomic E-state index is 0.226. The van der Waals surface area contributed by atoms with Crippen LogP contribution >= 0.6 is 11.6 Å². The molecule has 0 saturated carbocycles. The van der Waals surface area contributed by atoms with E-state index in [9.17, 15) is 4.79 Å². The van der Waals surface area contributed by atoms with Gasteiger partial charge in [-0.05, 0) is 24.3 Å². The van der Waals surface area contributed by atoms with Crippen LogP contribution in [0.4, 0.5) is 5.82 Å². The van der Waals surface area contributed by atoms with Crippen LogP contribution in [0.5, 0.6) is 0 Å². The fraction of sp³-hybridized carbons (Fsp3) is 0.231. The molecule has 6 heteroatoms. The van der Waals surface area contributed by atoms with E-state index in [0.717, 1.165) is 0 Å². The van der Waals surface area contributed by atoms with Gasteiger partial charge in [-0.1, -0.05) is 17.7 Å². The van der Waals surface area contributed by atoms with Gasteiger partial charge in [0.05, 0.1) is 6.61 Å². The summed E-state index contributed by atoms with van der Waals surface area (Å²) in [4.78, 5) is 16.1. The second-order valence-corrected chi connectivity index (χ2v) is 4.27. The zero-order valence-corrected chi connectivity index (χ0v) is 11.2. The Hall–Kier alpha value is -1.85. The maximum Gasteiger partial charge on any atom is 0.273 e. The molecule has 100 valence electrons. The second-order valence-electron chi connectivity index (χ2n) is 3.88. The average molecular weight is 280 g/mol. The van der Waals surface area contributed by atoms with E-state index in [2.05, 4.69) is 10.3 Å². The quantitative estimate of drug-likeness (QED) is 0.855. The summed E-state index contributed by atoms with van der Waals surface area (Å²) >= 11 is 5.77. The Morgan fingerprint density at radius 1 is 1.42 bits per heavy atom. The Labute approximate surface area is 116 Å². The van der Waals surface area contributed by atoms with Crippen molar-refractivity contribution >= 4 is 23.3 Å². The number of nitrogens with zero attached hydrogens (tertiary/aromatic N) is 2. The van der Waals surface area contributed by atoms with Crippen LogP contribution in [0.2, 0.25) is 5.15 Å². The molecule has 0 radical (unpaired) electrons. The third-order valence-electron chi connectivity index (χ3n) is 2.56. The fourth-order valence-corrected chi connectivity index (χ4v) is 1.83. The lowest BCUT2D eigenvalue weighted by molar-refractivity contribution is 0.101. The Morgan fingerprint density at radius 2 is 2.26 bits per heavy atom. The van der Waals surface area contributed by atoms with Crippen LogP contribution in [0.1, 0.15) is 10.5 Å². The zero-order chi connectivity index (χ0) is 13.7. The predicted octanol–water partition coefficient (Wildman–Crippen LogP) is 2.44. The highest BCUT2D eigenvalue weighted by atomic mass is 35.5. The van der Waals surface area contributed by atoms with Gasteiger partial charge in [0, 0.05) is 19.9 Å². The summed E-state index contributed by atoms with van der Waals surface area (Å²) in [7, 11) is 1.62. The highest BCUT2D eigenvalue weighted by molar-refractivity contribution is 6.29. The van der Waals surface area contributed by atoms with Crippen molar-refractivity contribution in [3.63, 3.8) is 0 Å². The Morgan fingerprint density at radius 3 is 3.00 bits per heavy atom. The van der Waals surface area contributed by atoms with Crippen molar-refractivity contribution < 1.29 is 9.53 Å². The maximum atomic E-state index is 12.1. The molecule has 5 nitrogen and oxygen atoms in total. The van der Waals surface area contributed by atoms with Gasteiger partial charge in [0.15, 0.2) is 0 Å². The lowest BCUT2D eigenvalue weighted by Crippen LogP contribution is -2.18. The standard InChI is InChI=1S/C13H14ClN3O2/c1-19-9-8-17-7-3-4-10(17)13(18)16-12-6-2-5-11(14)15-12/h2-7H,8-9H2,1H3,(H,15,16,18). The SMILES string of the molecule is COCCn1cccc1C(=O)Nc1cccc(Cl)n1. The van der Waals surface area contributed by atoms with E-state index < -0.39 is 0 Å². The number of carbonyl (C=O) groups is 1. The number of rotatable bonds is 5. The van der Waals surface area contributed by atoms with Gasteiger partial charge in [-0.3, -0.25) is 4.79 Å². The van der Waals surface area contributed by atoms with E-state index in [4.69, 9.17) is 16.3 Å². The second kappa shape index (κ2) is 6.36. The number of nitrogens with one attached hydrogen (secondary N) is 1. The van der Waals surface area contributed by atoms with Crippen LogP contribution < -0.4 is 5.32 Å². The summed E-state index contributed by atoms with van der Waals surface area (Å²) in [5, 5.41) is 3.05. The molecule has 0 spiro atoms. The zero-order valence-electron chi connectivity index (χ0n) is 10.5. The van der Waals surface area contributed by atoms with Crippen LogP contribution in [-0.4, -0.2) is 29.2 Å². The summed E-state index contributed by atoms with van der Waals surface area (Å²) in [5.41, 5.74) is 0.554. The largest absolute Gasteiger partial charge is 0.383 e. The smallest absolute Gasteiger partial charge is 0.273 e. The molecule has 2 rings (SSSR count). The van der Waals surface area contributed by atoms with Gasteiger partial charge in [0.25, 0.3) is 5.91 Å². The van der Waals surface area contributed by atoms with Crippen molar-refractivity contribution in [2.45, 2.75) is 6.54 Å². The van der Waals surface area contributed by atoms with Gasteiger partial charge >= 0.3 is 0 Å². The molecule has 2 aromatic rings. The van der Waals surface area contributed by atoms with Crippen molar-refractivity contribution in [2.24, 2.45) is 0 Å². The Kier molecular flexibility index (Phi) is 4.54. The molecule has 1 N–H and O–H groups in total. The minimum atomic E-state index is -0.226. The molecule has 0 saturated heterocycles. The summed E-state index contributed by atoms with van der Waals surface area (Å²) in [6.07, 6.45) is 1.83. The number of methoxy groups -OCH3 is 1. The number of amides is 1. The van der Waals surface area contributed by atoms with E-state index in [0.29, 0.717) is 29.8 Å². The van der Waals surface area contributed by atoms with Crippen LogP contribution in [0.25, 0.3) is 0 Å². The van der Waals surface area contributed by atoms with Crippen molar-refractivity contribution in [3.8, 4) is 0 Å². The number of halogens is 1. The van der Waals surface area contributed by atoms with Crippen LogP contribution in [0.15, 0.2) is 36.5 Å². The molecule has 0 aromatic carbocycles. The van der Waals surface area contributed by atoms with Gasteiger partial charge in [-0.2, -0.15) is 0 Å². The number of carbonyl (C=O) groups excluding carboxylic acids is 1. The van der Waals surface area contributed by atoms with E-state index in [1.165, 1.54) is 0 Å². The van der Waals surface area contributed by atoms with Gasteiger partial charge in [0.2, 0.25) is 0 Å². The number of hydrogen-bond acceptors (Lipinski definition) is 3. The molecule has 0 fully saturated rings. The summed E-state index contributed by atoms with van der Waals surface area (Å²) in [6.45, 7) is 1.17. The number of pyridine rings is 1. The molecule has 0 aliphatic rings. The van der Waals surface area contributed by atoms with Crippen molar-refractivity contribution in [1.29, 1.82) is 0 Å². The third-order valence-corrected chi connectivity index (χ3v) is 2.77. The molecule has 2 heterocycles. The van der Waals surface area contributed by atoms with Crippen LogP contribution in [0.3, 0.4) is 0 Å². The maximum absolute atomic E-state index is 12.1. The number of hydrogen-bond donors (Lipinski definition) is 1. The number of aromatic nitrogens is 2. The van der Waals surface area contributed by atoms with Gasteiger partial charge in [-0.15, -0.1) is 0 Å². The van der Waals surface area contributed by atoms with Crippen LogP contribution in [0, 0.1) is 0 Å². The monoisotopic (exact) mass is 279 g/mol. The van der Waals surface area contributed by atoms with E-state index in [1.54, 1.807) is 31.4 Å². The van der Waals surface area contributed by atoms with Crippen molar-refractivity contribution in [3.05, 3.63) is 47.4 Å². The number of ether oxygens (including phenoxy) is 1. The summed E-state index contributed by atoms with van der Waals surface area (Å²) < 4.78 is 6.82. The Bertz CT molecular complexity index is 569. The molecular formula is C13H14ClN3O2. The number of anilines is 1. The summed E-state index contributed by atoms with van der Waals surface area (Å²) in [6, 6.07) is 8.63. The lowest BCUT2D eigenvalue weighted by Gasteiger charge is -2.09. The minimum Gasteiger partial charge on any atom is -0.383 e. The predicted molar refractivity (Wildman–Crippen MR) is 73.5 cm³/mol. The van der Waals surface area contributed by atoms with E-state index >= 15 is 0 Å². The highest BCUT2D eigenvalue weighted by Gasteiger charge is 2.11. The van der Waals surface area contributed by atoms with E-state index in [-0.39, 0.29) is 5.91 Å². The van der Waals surface area contributed by atoms with Crippen LogP contribution in [-0.2, 0) is 11.3 Å². The first-order valence-corrected chi connectivity index (χ1v) is 6.16.